The molecule has 19 heavy (non-hydrogen) atoms. The van der Waals surface area contributed by atoms with Gasteiger partial charge in [0.1, 0.15) is 0 Å². The third kappa shape index (κ3) is 5.05. The first-order valence-electron chi connectivity index (χ1n) is 8.39. The molecule has 0 aromatic rings. The summed E-state index contributed by atoms with van der Waals surface area (Å²) in [6.45, 7) is 6.21. The van der Waals surface area contributed by atoms with E-state index in [0.29, 0.717) is 6.61 Å². The van der Waals surface area contributed by atoms with Crippen LogP contribution in [0, 0.1) is 5.41 Å². The number of hydrogen-bond donors (Lipinski definition) is 2. The van der Waals surface area contributed by atoms with E-state index in [9.17, 15) is 5.11 Å². The van der Waals surface area contributed by atoms with Crippen molar-refractivity contribution in [3.63, 3.8) is 0 Å². The number of nitrogens with zero attached hydrogens (tertiary/aromatic N) is 1. The molecule has 1 aliphatic heterocycles. The summed E-state index contributed by atoms with van der Waals surface area (Å²) in [5.41, 5.74) is 0.192. The van der Waals surface area contributed by atoms with Crippen LogP contribution in [0.1, 0.15) is 57.8 Å². The lowest BCUT2D eigenvalue weighted by atomic mass is 9.74. The zero-order chi connectivity index (χ0) is 13.4. The molecule has 0 bridgehead atoms. The summed E-state index contributed by atoms with van der Waals surface area (Å²) in [5.74, 6) is 0. The molecular weight excluding hydrogens is 236 g/mol. The van der Waals surface area contributed by atoms with Crippen LogP contribution in [0.15, 0.2) is 0 Å². The fourth-order valence-electron chi connectivity index (χ4n) is 3.64. The summed E-state index contributed by atoms with van der Waals surface area (Å²) < 4.78 is 0. The van der Waals surface area contributed by atoms with Crippen molar-refractivity contribution in [1.82, 2.24) is 10.2 Å². The molecule has 1 saturated carbocycles. The predicted octanol–water partition coefficient (Wildman–Crippen LogP) is 2.39. The average Bonchev–Trinajstić information content (AvgIpc) is 2.73. The van der Waals surface area contributed by atoms with Gasteiger partial charge in [-0.1, -0.05) is 32.1 Å². The van der Waals surface area contributed by atoms with E-state index in [1.54, 1.807) is 0 Å². The van der Waals surface area contributed by atoms with E-state index in [0.717, 1.165) is 13.1 Å². The number of rotatable bonds is 6. The Bertz CT molecular complexity index is 231. The maximum Gasteiger partial charge on any atom is 0.0499 e. The highest BCUT2D eigenvalue weighted by atomic mass is 16.3. The highest BCUT2D eigenvalue weighted by molar-refractivity contribution is 4.84. The third-order valence-electron chi connectivity index (χ3n) is 5.05. The van der Waals surface area contributed by atoms with E-state index < -0.39 is 0 Å². The molecule has 0 radical (unpaired) electrons. The first kappa shape index (κ1) is 15.3. The van der Waals surface area contributed by atoms with Gasteiger partial charge < -0.3 is 15.3 Å². The van der Waals surface area contributed by atoms with Crippen molar-refractivity contribution in [2.45, 2.75) is 57.8 Å². The van der Waals surface area contributed by atoms with Crippen molar-refractivity contribution in [3.8, 4) is 0 Å². The van der Waals surface area contributed by atoms with E-state index >= 15 is 0 Å². The maximum absolute atomic E-state index is 9.68. The van der Waals surface area contributed by atoms with Gasteiger partial charge in [0.2, 0.25) is 0 Å². The molecule has 2 N–H and O–H groups in total. The van der Waals surface area contributed by atoms with Crippen molar-refractivity contribution < 1.29 is 5.11 Å². The van der Waals surface area contributed by atoms with E-state index in [1.807, 2.05) is 0 Å². The molecule has 3 nitrogen and oxygen atoms in total. The normalized spacial score (nSPS) is 25.1. The quantitative estimate of drug-likeness (QED) is 0.726. The second kappa shape index (κ2) is 8.23. The molecular formula is C16H32N2O. The third-order valence-corrected chi connectivity index (χ3v) is 5.05. The van der Waals surface area contributed by atoms with Gasteiger partial charge in [-0.15, -0.1) is 0 Å². The Morgan fingerprint density at radius 3 is 2.16 bits per heavy atom. The lowest BCUT2D eigenvalue weighted by Gasteiger charge is -2.36. The largest absolute Gasteiger partial charge is 0.396 e. The van der Waals surface area contributed by atoms with Gasteiger partial charge in [0, 0.05) is 31.7 Å². The minimum atomic E-state index is 0.192. The SMILES string of the molecule is OCC1(CNCCN2CCCCCC2)CCCCC1. The Kier molecular flexibility index (Phi) is 6.62. The van der Waals surface area contributed by atoms with Crippen molar-refractivity contribution in [3.05, 3.63) is 0 Å². The van der Waals surface area contributed by atoms with Crippen LogP contribution < -0.4 is 5.32 Å². The molecule has 1 aliphatic carbocycles. The van der Waals surface area contributed by atoms with Crippen LogP contribution >= 0.6 is 0 Å². The van der Waals surface area contributed by atoms with E-state index in [1.165, 1.54) is 77.4 Å². The van der Waals surface area contributed by atoms with Crippen LogP contribution in [0.4, 0.5) is 0 Å². The van der Waals surface area contributed by atoms with Crippen molar-refractivity contribution in [1.29, 1.82) is 0 Å². The topological polar surface area (TPSA) is 35.5 Å². The second-order valence-electron chi connectivity index (χ2n) is 6.65. The standard InChI is InChI=1S/C16H32N2O/c19-15-16(8-4-3-5-9-16)14-17-10-13-18-11-6-1-2-7-12-18/h17,19H,1-15H2. The lowest BCUT2D eigenvalue weighted by molar-refractivity contribution is 0.0807. The smallest absolute Gasteiger partial charge is 0.0499 e. The molecule has 0 aromatic carbocycles. The number of nitrogens with one attached hydrogen (secondary N) is 1. The highest BCUT2D eigenvalue weighted by Gasteiger charge is 2.30. The van der Waals surface area contributed by atoms with Crippen LogP contribution in [-0.4, -0.2) is 49.3 Å². The Hall–Kier alpha value is -0.120. The molecule has 1 saturated heterocycles. The van der Waals surface area contributed by atoms with Crippen LogP contribution in [0.2, 0.25) is 0 Å². The van der Waals surface area contributed by atoms with Crippen LogP contribution in [0.25, 0.3) is 0 Å². The number of aliphatic hydroxyl groups is 1. The molecule has 2 aliphatic rings. The molecule has 2 fully saturated rings. The lowest BCUT2D eigenvalue weighted by Crippen LogP contribution is -2.42. The van der Waals surface area contributed by atoms with Gasteiger partial charge in [-0.2, -0.15) is 0 Å². The van der Waals surface area contributed by atoms with Crippen molar-refractivity contribution >= 4 is 0 Å². The van der Waals surface area contributed by atoms with Gasteiger partial charge in [0.25, 0.3) is 0 Å². The zero-order valence-corrected chi connectivity index (χ0v) is 12.5. The number of likely N-dealkylation sites (tertiary alicyclic amines) is 1. The zero-order valence-electron chi connectivity index (χ0n) is 12.5. The summed E-state index contributed by atoms with van der Waals surface area (Å²) in [6, 6.07) is 0. The molecule has 112 valence electrons. The van der Waals surface area contributed by atoms with Crippen LogP contribution in [-0.2, 0) is 0 Å². The van der Waals surface area contributed by atoms with Crippen molar-refractivity contribution in [2.24, 2.45) is 5.41 Å². The molecule has 1 heterocycles. The summed E-state index contributed by atoms with van der Waals surface area (Å²) >= 11 is 0. The van der Waals surface area contributed by atoms with Crippen LogP contribution in [0.5, 0.6) is 0 Å². The molecule has 0 unspecified atom stereocenters. The first-order valence-corrected chi connectivity index (χ1v) is 8.39. The van der Waals surface area contributed by atoms with Crippen LogP contribution in [0.3, 0.4) is 0 Å². The number of hydrogen-bond acceptors (Lipinski definition) is 3. The summed E-state index contributed by atoms with van der Waals surface area (Å²) in [6.07, 6.45) is 12.0. The Morgan fingerprint density at radius 1 is 0.895 bits per heavy atom. The fraction of sp³-hybridized carbons (Fsp3) is 1.00. The van der Waals surface area contributed by atoms with Crippen molar-refractivity contribution in [2.75, 3.05) is 39.3 Å². The maximum atomic E-state index is 9.68. The average molecular weight is 268 g/mol. The van der Waals surface area contributed by atoms with Gasteiger partial charge >= 0.3 is 0 Å². The van der Waals surface area contributed by atoms with Gasteiger partial charge in [0.05, 0.1) is 0 Å². The molecule has 0 atom stereocenters. The molecule has 0 amide bonds. The molecule has 3 heteroatoms. The number of aliphatic hydroxyl groups excluding tert-OH is 1. The van der Waals surface area contributed by atoms with E-state index in [2.05, 4.69) is 10.2 Å². The monoisotopic (exact) mass is 268 g/mol. The fourth-order valence-corrected chi connectivity index (χ4v) is 3.64. The second-order valence-corrected chi connectivity index (χ2v) is 6.65. The minimum absolute atomic E-state index is 0.192. The minimum Gasteiger partial charge on any atom is -0.396 e. The predicted molar refractivity (Wildman–Crippen MR) is 80.4 cm³/mol. The van der Waals surface area contributed by atoms with Gasteiger partial charge in [-0.05, 0) is 38.8 Å². The highest BCUT2D eigenvalue weighted by Crippen LogP contribution is 2.35. The van der Waals surface area contributed by atoms with E-state index in [4.69, 9.17) is 0 Å². The van der Waals surface area contributed by atoms with Gasteiger partial charge in [0.15, 0.2) is 0 Å². The summed E-state index contributed by atoms with van der Waals surface area (Å²) in [4.78, 5) is 2.60. The Labute approximate surface area is 118 Å². The van der Waals surface area contributed by atoms with E-state index in [-0.39, 0.29) is 5.41 Å². The Balaban J connectivity index is 1.62. The summed E-state index contributed by atoms with van der Waals surface area (Å²) in [5, 5.41) is 13.3. The molecule has 0 spiro atoms. The molecule has 0 aromatic heterocycles. The Morgan fingerprint density at radius 2 is 1.53 bits per heavy atom. The molecule has 2 rings (SSSR count). The van der Waals surface area contributed by atoms with Gasteiger partial charge in [-0.3, -0.25) is 0 Å². The van der Waals surface area contributed by atoms with Gasteiger partial charge in [-0.25, -0.2) is 0 Å². The summed E-state index contributed by atoms with van der Waals surface area (Å²) in [7, 11) is 0. The first-order chi connectivity index (χ1) is 9.35.